The first-order valence-corrected chi connectivity index (χ1v) is 8.36. The van der Waals surface area contributed by atoms with Crippen molar-refractivity contribution in [2.75, 3.05) is 5.32 Å². The van der Waals surface area contributed by atoms with Crippen LogP contribution in [0.25, 0.3) is 22.3 Å². The molecule has 0 aliphatic rings. The summed E-state index contributed by atoms with van der Waals surface area (Å²) < 4.78 is 15.2. The number of benzene rings is 2. The van der Waals surface area contributed by atoms with Crippen LogP contribution < -0.4 is 5.32 Å². The fourth-order valence-corrected chi connectivity index (χ4v) is 3.08. The highest BCUT2D eigenvalue weighted by atomic mass is 19.1. The van der Waals surface area contributed by atoms with Crippen LogP contribution >= 0.6 is 0 Å². The molecule has 0 saturated carbocycles. The van der Waals surface area contributed by atoms with Crippen LogP contribution in [0.4, 0.5) is 10.2 Å². The lowest BCUT2D eigenvalue weighted by Gasteiger charge is -2.05. The summed E-state index contributed by atoms with van der Waals surface area (Å²) in [6, 6.07) is 17.4. The van der Waals surface area contributed by atoms with Gasteiger partial charge < -0.3 is 9.88 Å². The van der Waals surface area contributed by atoms with Crippen molar-refractivity contribution >= 4 is 22.6 Å². The maximum atomic E-state index is 13.0. The second-order valence-electron chi connectivity index (χ2n) is 5.96. The number of nitrogens with one attached hydrogen (secondary N) is 2. The number of nitrogens with zero attached hydrogens (tertiary/aromatic N) is 2. The van der Waals surface area contributed by atoms with Gasteiger partial charge in [0.2, 0.25) is 0 Å². The van der Waals surface area contributed by atoms with Gasteiger partial charge in [-0.2, -0.15) is 5.10 Å². The van der Waals surface area contributed by atoms with Gasteiger partial charge in [0, 0.05) is 29.1 Å². The lowest BCUT2D eigenvalue weighted by Crippen LogP contribution is -2.12. The lowest BCUT2D eigenvalue weighted by atomic mass is 10.2. The first kappa shape index (κ1) is 16.1. The number of anilines is 1. The van der Waals surface area contributed by atoms with E-state index in [1.165, 1.54) is 24.3 Å². The Kier molecular flexibility index (Phi) is 4.01. The molecule has 0 bridgehead atoms. The molecular formula is C20H17FN4O. The number of carbonyl (C=O) groups is 1. The van der Waals surface area contributed by atoms with E-state index in [0.717, 1.165) is 28.8 Å². The van der Waals surface area contributed by atoms with Gasteiger partial charge in [0.05, 0.1) is 11.4 Å². The number of aryl methyl sites for hydroxylation is 1. The molecule has 1 amide bonds. The summed E-state index contributed by atoms with van der Waals surface area (Å²) in [5.74, 6) is -0.294. The number of fused-ring (bicyclic) bond motifs is 1. The van der Waals surface area contributed by atoms with E-state index in [-0.39, 0.29) is 11.7 Å². The highest BCUT2D eigenvalue weighted by molar-refractivity contribution is 6.04. The Morgan fingerprint density at radius 2 is 1.92 bits per heavy atom. The second-order valence-corrected chi connectivity index (χ2v) is 5.96. The molecule has 5 nitrogen and oxygen atoms in total. The zero-order valence-electron chi connectivity index (χ0n) is 14.2. The topological polar surface area (TPSA) is 62.7 Å². The van der Waals surface area contributed by atoms with E-state index < -0.39 is 0 Å². The largest absolute Gasteiger partial charge is 0.340 e. The first-order valence-electron chi connectivity index (χ1n) is 8.36. The van der Waals surface area contributed by atoms with Crippen LogP contribution in [0.5, 0.6) is 0 Å². The molecule has 2 aromatic heterocycles. The number of para-hydroxylation sites is 1. The summed E-state index contributed by atoms with van der Waals surface area (Å²) in [5.41, 5.74) is 3.34. The molecule has 2 heterocycles. The molecule has 0 atom stereocenters. The number of aromatic amines is 1. The number of carbonyl (C=O) groups excluding carboxylic acids is 1. The molecule has 6 heteroatoms. The summed E-state index contributed by atoms with van der Waals surface area (Å²) in [6.07, 6.45) is 0. The molecule has 0 saturated heterocycles. The Bertz CT molecular complexity index is 1080. The average Bonchev–Trinajstić information content (AvgIpc) is 3.26. The first-order chi connectivity index (χ1) is 12.7. The van der Waals surface area contributed by atoms with Crippen molar-refractivity contribution < 1.29 is 9.18 Å². The van der Waals surface area contributed by atoms with Gasteiger partial charge >= 0.3 is 0 Å². The summed E-state index contributed by atoms with van der Waals surface area (Å²) in [6.45, 7) is 2.91. The van der Waals surface area contributed by atoms with Crippen molar-refractivity contribution in [3.05, 3.63) is 72.0 Å². The molecule has 0 spiro atoms. The molecule has 4 aromatic rings. The van der Waals surface area contributed by atoms with Crippen LogP contribution in [0.3, 0.4) is 0 Å². The molecule has 2 N–H and O–H groups in total. The van der Waals surface area contributed by atoms with Crippen LogP contribution in [0.2, 0.25) is 0 Å². The monoisotopic (exact) mass is 348 g/mol. The molecule has 4 rings (SSSR count). The lowest BCUT2D eigenvalue weighted by molar-refractivity contribution is 0.102. The van der Waals surface area contributed by atoms with Crippen molar-refractivity contribution in [2.24, 2.45) is 0 Å². The van der Waals surface area contributed by atoms with Gasteiger partial charge in [-0.3, -0.25) is 9.89 Å². The van der Waals surface area contributed by atoms with Crippen LogP contribution in [-0.4, -0.2) is 20.7 Å². The fraction of sp³-hybridized carbons (Fsp3) is 0.100. The third kappa shape index (κ3) is 2.86. The molecule has 0 unspecified atom stereocenters. The van der Waals surface area contributed by atoms with Crippen LogP contribution in [0.15, 0.2) is 60.7 Å². The number of H-pyrrole nitrogens is 1. The van der Waals surface area contributed by atoms with Crippen LogP contribution in [0.1, 0.15) is 17.3 Å². The quantitative estimate of drug-likeness (QED) is 0.573. The van der Waals surface area contributed by atoms with E-state index in [0.29, 0.717) is 11.4 Å². The van der Waals surface area contributed by atoms with Crippen molar-refractivity contribution in [2.45, 2.75) is 13.5 Å². The Balaban J connectivity index is 1.62. The molecule has 0 aliphatic carbocycles. The highest BCUT2D eigenvalue weighted by Crippen LogP contribution is 2.28. The molecule has 0 fully saturated rings. The number of aromatic nitrogens is 3. The van der Waals surface area contributed by atoms with Gasteiger partial charge in [-0.1, -0.05) is 18.2 Å². The van der Waals surface area contributed by atoms with Gasteiger partial charge in [0.1, 0.15) is 5.82 Å². The standard InChI is InChI=1S/C20H17FN4O/c1-2-25-17-6-4-3-5-14(17)11-18(25)16-12-19(24-23-16)22-20(26)13-7-9-15(21)10-8-13/h3-12H,2H2,1H3,(H2,22,23,24,26). The number of amides is 1. The zero-order chi connectivity index (χ0) is 18.1. The maximum absolute atomic E-state index is 13.0. The fourth-order valence-electron chi connectivity index (χ4n) is 3.08. The normalized spacial score (nSPS) is 11.0. The predicted octanol–water partition coefficient (Wildman–Crippen LogP) is 4.44. The van der Waals surface area contributed by atoms with E-state index in [1.54, 1.807) is 6.07 Å². The maximum Gasteiger partial charge on any atom is 0.256 e. The van der Waals surface area contributed by atoms with E-state index in [2.05, 4.69) is 45.2 Å². The molecule has 0 aliphatic heterocycles. The van der Waals surface area contributed by atoms with E-state index >= 15 is 0 Å². The zero-order valence-corrected chi connectivity index (χ0v) is 14.2. The summed E-state index contributed by atoms with van der Waals surface area (Å²) in [4.78, 5) is 12.2. The summed E-state index contributed by atoms with van der Waals surface area (Å²) >= 11 is 0. The SMILES string of the molecule is CCn1c(-c2cc(NC(=O)c3ccc(F)cc3)n[nH]2)cc2ccccc21. The van der Waals surface area contributed by atoms with E-state index in [9.17, 15) is 9.18 Å². The number of hydrogen-bond acceptors (Lipinski definition) is 2. The molecule has 0 radical (unpaired) electrons. The third-order valence-electron chi connectivity index (χ3n) is 4.33. The minimum atomic E-state index is -0.379. The number of hydrogen-bond donors (Lipinski definition) is 2. The molecule has 2 aromatic carbocycles. The second kappa shape index (κ2) is 6.48. The van der Waals surface area contributed by atoms with Gasteiger partial charge in [-0.05, 0) is 43.3 Å². The third-order valence-corrected chi connectivity index (χ3v) is 4.33. The van der Waals surface area contributed by atoms with Crippen molar-refractivity contribution in [1.29, 1.82) is 0 Å². The molecule has 130 valence electrons. The smallest absolute Gasteiger partial charge is 0.256 e. The van der Waals surface area contributed by atoms with Gasteiger partial charge in [-0.15, -0.1) is 0 Å². The van der Waals surface area contributed by atoms with E-state index in [1.807, 2.05) is 12.1 Å². The van der Waals surface area contributed by atoms with Crippen molar-refractivity contribution in [3.63, 3.8) is 0 Å². The number of rotatable bonds is 4. The van der Waals surface area contributed by atoms with Crippen molar-refractivity contribution in [1.82, 2.24) is 14.8 Å². The van der Waals surface area contributed by atoms with Gasteiger partial charge in [0.25, 0.3) is 5.91 Å². The van der Waals surface area contributed by atoms with Crippen LogP contribution in [-0.2, 0) is 6.54 Å². The Labute approximate surface area is 149 Å². The minimum absolute atomic E-state index is 0.334. The van der Waals surface area contributed by atoms with Crippen molar-refractivity contribution in [3.8, 4) is 11.4 Å². The molecular weight excluding hydrogens is 331 g/mol. The molecule has 26 heavy (non-hydrogen) atoms. The van der Waals surface area contributed by atoms with Crippen LogP contribution in [0, 0.1) is 5.82 Å². The predicted molar refractivity (Wildman–Crippen MR) is 99.5 cm³/mol. The Morgan fingerprint density at radius 1 is 1.15 bits per heavy atom. The summed E-state index contributed by atoms with van der Waals surface area (Å²) in [5, 5.41) is 11.0. The Hall–Kier alpha value is -3.41. The van der Waals surface area contributed by atoms with Gasteiger partial charge in [0.15, 0.2) is 5.82 Å². The summed E-state index contributed by atoms with van der Waals surface area (Å²) in [7, 11) is 0. The average molecular weight is 348 g/mol. The number of halogens is 1. The minimum Gasteiger partial charge on any atom is -0.340 e. The highest BCUT2D eigenvalue weighted by Gasteiger charge is 2.13. The Morgan fingerprint density at radius 3 is 2.69 bits per heavy atom. The van der Waals surface area contributed by atoms with E-state index in [4.69, 9.17) is 0 Å². The van der Waals surface area contributed by atoms with Gasteiger partial charge in [-0.25, -0.2) is 4.39 Å².